The number of hydrogen-bond acceptors (Lipinski definition) is 6. The van der Waals surface area contributed by atoms with Gasteiger partial charge < -0.3 is 9.47 Å². The van der Waals surface area contributed by atoms with Crippen LogP contribution in [0.1, 0.15) is 5.56 Å². The molecule has 1 aliphatic heterocycles. The largest absolute Gasteiger partial charge is 0.495 e. The molecule has 8 nitrogen and oxygen atoms in total. The Morgan fingerprint density at radius 3 is 2.14 bits per heavy atom. The van der Waals surface area contributed by atoms with Gasteiger partial charge >= 0.3 is 0 Å². The number of nitrogens with zero attached hydrogens (tertiary/aromatic N) is 2. The van der Waals surface area contributed by atoms with Gasteiger partial charge in [-0.05, 0) is 37.3 Å². The molecule has 0 unspecified atom stereocenters. The molecule has 1 aliphatic rings. The third-order valence-corrected chi connectivity index (χ3v) is 8.46. The Bertz CT molecular complexity index is 1080. The molecule has 0 radical (unpaired) electrons. The molecular formula is C19H24N2O6S2. The van der Waals surface area contributed by atoms with Gasteiger partial charge in [-0.3, -0.25) is 4.31 Å². The summed E-state index contributed by atoms with van der Waals surface area (Å²) in [5.41, 5.74) is 1.07. The van der Waals surface area contributed by atoms with Gasteiger partial charge in [0, 0.05) is 20.1 Å². The molecule has 2 aromatic rings. The monoisotopic (exact) mass is 440 g/mol. The van der Waals surface area contributed by atoms with Crippen molar-refractivity contribution in [2.45, 2.75) is 16.7 Å². The molecule has 158 valence electrons. The molecule has 0 bridgehead atoms. The molecule has 0 N–H and O–H groups in total. The molecule has 10 heteroatoms. The zero-order valence-corrected chi connectivity index (χ0v) is 18.2. The third-order valence-electron chi connectivity index (χ3n) is 4.78. The molecule has 1 saturated heterocycles. The Labute approximate surface area is 171 Å². The zero-order chi connectivity index (χ0) is 21.2. The standard InChI is InChI=1S/C19H24N2O6S2/c1-15-4-6-16(7-5-15)28(22,23)20(2)18-14-17(8-9-19(18)26-3)29(24,25)21-10-12-27-13-11-21/h4-9,14H,10-13H2,1-3H3. The number of morpholine rings is 1. The van der Waals surface area contributed by atoms with Crippen LogP contribution in [0.2, 0.25) is 0 Å². The predicted octanol–water partition coefficient (Wildman–Crippen LogP) is 1.85. The van der Waals surface area contributed by atoms with Crippen molar-refractivity contribution in [3.63, 3.8) is 0 Å². The van der Waals surface area contributed by atoms with Gasteiger partial charge in [0.2, 0.25) is 10.0 Å². The Kier molecular flexibility index (Phi) is 6.18. The molecule has 0 amide bonds. The van der Waals surface area contributed by atoms with E-state index in [0.29, 0.717) is 13.2 Å². The second-order valence-corrected chi connectivity index (χ2v) is 10.5. The average Bonchev–Trinajstić information content (AvgIpc) is 2.73. The van der Waals surface area contributed by atoms with Gasteiger partial charge in [0.05, 0.1) is 35.8 Å². The van der Waals surface area contributed by atoms with Gasteiger partial charge in [-0.15, -0.1) is 0 Å². The molecule has 3 rings (SSSR count). The van der Waals surface area contributed by atoms with Crippen LogP contribution in [0.25, 0.3) is 0 Å². The molecular weight excluding hydrogens is 416 g/mol. The summed E-state index contributed by atoms with van der Waals surface area (Å²) in [6.07, 6.45) is 0. The van der Waals surface area contributed by atoms with Crippen molar-refractivity contribution in [2.24, 2.45) is 0 Å². The predicted molar refractivity (Wildman–Crippen MR) is 109 cm³/mol. The van der Waals surface area contributed by atoms with E-state index in [-0.39, 0.29) is 34.3 Å². The highest BCUT2D eigenvalue weighted by atomic mass is 32.2. The topological polar surface area (TPSA) is 93.2 Å². The van der Waals surface area contributed by atoms with Gasteiger partial charge in [-0.1, -0.05) is 17.7 Å². The maximum absolute atomic E-state index is 13.1. The molecule has 0 aliphatic carbocycles. The SMILES string of the molecule is COc1ccc(S(=O)(=O)N2CCOCC2)cc1N(C)S(=O)(=O)c1ccc(C)cc1. The van der Waals surface area contributed by atoms with Crippen LogP contribution in [0, 0.1) is 6.92 Å². The lowest BCUT2D eigenvalue weighted by molar-refractivity contribution is 0.0730. The highest BCUT2D eigenvalue weighted by molar-refractivity contribution is 7.92. The van der Waals surface area contributed by atoms with Crippen molar-refractivity contribution in [1.29, 1.82) is 0 Å². The van der Waals surface area contributed by atoms with Crippen LogP contribution >= 0.6 is 0 Å². The number of aryl methyl sites for hydroxylation is 1. The molecule has 29 heavy (non-hydrogen) atoms. The fraction of sp³-hybridized carbons (Fsp3) is 0.368. The first-order valence-electron chi connectivity index (χ1n) is 8.99. The number of rotatable bonds is 6. The van der Waals surface area contributed by atoms with Gasteiger partial charge in [-0.25, -0.2) is 16.8 Å². The lowest BCUT2D eigenvalue weighted by atomic mass is 10.2. The highest BCUT2D eigenvalue weighted by Crippen LogP contribution is 2.34. The highest BCUT2D eigenvalue weighted by Gasteiger charge is 2.29. The first kappa shape index (κ1) is 21.6. The first-order valence-corrected chi connectivity index (χ1v) is 11.9. The quantitative estimate of drug-likeness (QED) is 0.681. The number of benzene rings is 2. The lowest BCUT2D eigenvalue weighted by Gasteiger charge is -2.27. The van der Waals surface area contributed by atoms with Crippen LogP contribution in [0.15, 0.2) is 52.3 Å². The fourth-order valence-corrected chi connectivity index (χ4v) is 5.64. The molecule has 2 aromatic carbocycles. The first-order chi connectivity index (χ1) is 13.7. The molecule has 0 saturated carbocycles. The van der Waals surface area contributed by atoms with Crippen molar-refractivity contribution in [3.8, 4) is 5.75 Å². The van der Waals surface area contributed by atoms with Crippen molar-refractivity contribution >= 4 is 25.7 Å². The number of ether oxygens (including phenoxy) is 2. The lowest BCUT2D eigenvalue weighted by Crippen LogP contribution is -2.40. The summed E-state index contributed by atoms with van der Waals surface area (Å²) in [4.78, 5) is 0.107. The van der Waals surface area contributed by atoms with E-state index in [1.807, 2.05) is 6.92 Å². The number of hydrogen-bond donors (Lipinski definition) is 0. The average molecular weight is 441 g/mol. The van der Waals surface area contributed by atoms with E-state index >= 15 is 0 Å². The second kappa shape index (κ2) is 8.31. The van der Waals surface area contributed by atoms with E-state index in [1.54, 1.807) is 12.1 Å². The van der Waals surface area contributed by atoms with Crippen molar-refractivity contribution in [2.75, 3.05) is 44.8 Å². The summed E-state index contributed by atoms with van der Waals surface area (Å²) in [5, 5.41) is 0. The maximum atomic E-state index is 13.1. The summed E-state index contributed by atoms with van der Waals surface area (Å²) < 4.78 is 65.0. The van der Waals surface area contributed by atoms with Gasteiger partial charge in [0.1, 0.15) is 5.75 Å². The Morgan fingerprint density at radius 2 is 1.55 bits per heavy atom. The number of sulfonamides is 2. The van der Waals surface area contributed by atoms with Crippen molar-refractivity contribution in [3.05, 3.63) is 48.0 Å². The van der Waals surface area contributed by atoms with Crippen LogP contribution in [0.4, 0.5) is 5.69 Å². The second-order valence-electron chi connectivity index (χ2n) is 6.64. The normalized spacial score (nSPS) is 15.8. The molecule has 0 spiro atoms. The van der Waals surface area contributed by atoms with Crippen LogP contribution in [0.5, 0.6) is 5.75 Å². The van der Waals surface area contributed by atoms with Crippen LogP contribution in [-0.2, 0) is 24.8 Å². The Balaban J connectivity index is 2.04. The van der Waals surface area contributed by atoms with Crippen LogP contribution in [0.3, 0.4) is 0 Å². The summed E-state index contributed by atoms with van der Waals surface area (Å²) >= 11 is 0. The van der Waals surface area contributed by atoms with E-state index in [4.69, 9.17) is 9.47 Å². The minimum atomic E-state index is -3.90. The summed E-state index contributed by atoms with van der Waals surface area (Å²) in [5.74, 6) is 0.254. The molecule has 1 fully saturated rings. The summed E-state index contributed by atoms with van der Waals surface area (Å²) in [6, 6.07) is 10.6. The van der Waals surface area contributed by atoms with E-state index < -0.39 is 20.0 Å². The van der Waals surface area contributed by atoms with Gasteiger partial charge in [0.25, 0.3) is 10.0 Å². The van der Waals surface area contributed by atoms with Crippen LogP contribution < -0.4 is 9.04 Å². The van der Waals surface area contributed by atoms with Gasteiger partial charge in [-0.2, -0.15) is 4.31 Å². The molecule has 1 heterocycles. The maximum Gasteiger partial charge on any atom is 0.264 e. The number of anilines is 1. The van der Waals surface area contributed by atoms with E-state index in [2.05, 4.69) is 0 Å². The van der Waals surface area contributed by atoms with Gasteiger partial charge in [0.15, 0.2) is 0 Å². The smallest absolute Gasteiger partial charge is 0.264 e. The van der Waals surface area contributed by atoms with Crippen molar-refractivity contribution in [1.82, 2.24) is 4.31 Å². The van der Waals surface area contributed by atoms with Crippen molar-refractivity contribution < 1.29 is 26.3 Å². The third kappa shape index (κ3) is 4.25. The Hall–Kier alpha value is -2.14. The summed E-state index contributed by atoms with van der Waals surface area (Å²) in [6.45, 7) is 3.01. The Morgan fingerprint density at radius 1 is 0.966 bits per heavy atom. The van der Waals surface area contributed by atoms with Crippen LogP contribution in [-0.4, -0.2) is 61.6 Å². The zero-order valence-electron chi connectivity index (χ0n) is 16.5. The van der Waals surface area contributed by atoms with E-state index in [9.17, 15) is 16.8 Å². The minimum absolute atomic E-state index is 0.00107. The minimum Gasteiger partial charge on any atom is -0.495 e. The van der Waals surface area contributed by atoms with E-state index in [1.165, 1.54) is 48.8 Å². The molecule has 0 aromatic heterocycles. The molecule has 0 atom stereocenters. The fourth-order valence-electron chi connectivity index (χ4n) is 3.01. The summed E-state index contributed by atoms with van der Waals surface area (Å²) in [7, 11) is -4.91. The van der Waals surface area contributed by atoms with E-state index in [0.717, 1.165) is 9.87 Å². The number of methoxy groups -OCH3 is 1.